The van der Waals surface area contributed by atoms with Gasteiger partial charge in [-0.1, -0.05) is 12.5 Å². The summed E-state index contributed by atoms with van der Waals surface area (Å²) in [4.78, 5) is 19.5. The standard InChI is InChI=1S/C17H22N4O/c1-12-5-4-7-16-18-14(11-21(12)16)17(22)19-13-8-10-20-9-3-2-6-15(13)20/h4-5,7,11,13,15H,2-3,6,8-10H2,1H3,(H,19,22). The number of aromatic nitrogens is 2. The molecular weight excluding hydrogens is 276 g/mol. The van der Waals surface area contributed by atoms with E-state index in [-0.39, 0.29) is 11.9 Å². The summed E-state index contributed by atoms with van der Waals surface area (Å²) >= 11 is 0. The molecule has 22 heavy (non-hydrogen) atoms. The van der Waals surface area contributed by atoms with Crippen LogP contribution in [0, 0.1) is 6.92 Å². The van der Waals surface area contributed by atoms with E-state index in [1.165, 1.54) is 25.8 Å². The molecule has 5 heteroatoms. The molecule has 0 radical (unpaired) electrons. The third kappa shape index (κ3) is 2.29. The van der Waals surface area contributed by atoms with E-state index >= 15 is 0 Å². The minimum absolute atomic E-state index is 0.0412. The minimum Gasteiger partial charge on any atom is -0.346 e. The maximum absolute atomic E-state index is 12.6. The van der Waals surface area contributed by atoms with Crippen molar-refractivity contribution in [3.8, 4) is 0 Å². The van der Waals surface area contributed by atoms with Crippen LogP contribution < -0.4 is 5.32 Å². The van der Waals surface area contributed by atoms with E-state index in [1.54, 1.807) is 0 Å². The van der Waals surface area contributed by atoms with Gasteiger partial charge >= 0.3 is 0 Å². The van der Waals surface area contributed by atoms with Crippen molar-refractivity contribution in [1.29, 1.82) is 0 Å². The lowest BCUT2D eigenvalue weighted by Crippen LogP contribution is -2.46. The van der Waals surface area contributed by atoms with Crippen molar-refractivity contribution >= 4 is 11.6 Å². The van der Waals surface area contributed by atoms with Gasteiger partial charge in [-0.15, -0.1) is 0 Å². The van der Waals surface area contributed by atoms with E-state index in [4.69, 9.17) is 0 Å². The molecule has 4 rings (SSSR count). The molecule has 0 bridgehead atoms. The van der Waals surface area contributed by atoms with Gasteiger partial charge in [-0.2, -0.15) is 0 Å². The normalized spacial score (nSPS) is 25.3. The number of hydrogen-bond acceptors (Lipinski definition) is 3. The molecule has 2 aromatic heterocycles. The first-order chi connectivity index (χ1) is 10.7. The number of piperidine rings is 1. The van der Waals surface area contributed by atoms with Gasteiger partial charge in [0.2, 0.25) is 0 Å². The largest absolute Gasteiger partial charge is 0.346 e. The second kappa shape index (κ2) is 5.39. The number of rotatable bonds is 2. The smallest absolute Gasteiger partial charge is 0.271 e. The first-order valence-electron chi connectivity index (χ1n) is 8.22. The Labute approximate surface area is 130 Å². The van der Waals surface area contributed by atoms with Gasteiger partial charge < -0.3 is 9.72 Å². The molecule has 1 amide bonds. The zero-order valence-corrected chi connectivity index (χ0v) is 13.0. The average Bonchev–Trinajstić information content (AvgIpc) is 3.13. The topological polar surface area (TPSA) is 49.6 Å². The predicted octanol–water partition coefficient (Wildman–Crippen LogP) is 2.00. The zero-order valence-electron chi connectivity index (χ0n) is 13.0. The quantitative estimate of drug-likeness (QED) is 0.922. The number of nitrogens with one attached hydrogen (secondary N) is 1. The SMILES string of the molecule is Cc1cccc2nc(C(=O)NC3CCN4CCCCC34)cn12. The number of pyridine rings is 1. The molecule has 2 fully saturated rings. The van der Waals surface area contributed by atoms with Crippen molar-refractivity contribution in [2.24, 2.45) is 0 Å². The second-order valence-corrected chi connectivity index (χ2v) is 6.49. The maximum atomic E-state index is 12.6. The molecule has 0 aliphatic carbocycles. The van der Waals surface area contributed by atoms with Crippen molar-refractivity contribution in [1.82, 2.24) is 19.6 Å². The fraction of sp³-hybridized carbons (Fsp3) is 0.529. The van der Waals surface area contributed by atoms with Gasteiger partial charge in [0, 0.05) is 30.5 Å². The molecule has 0 spiro atoms. The summed E-state index contributed by atoms with van der Waals surface area (Å²) in [5.74, 6) is -0.0412. The summed E-state index contributed by atoms with van der Waals surface area (Å²) in [7, 11) is 0. The van der Waals surface area contributed by atoms with Crippen LogP contribution in [0.2, 0.25) is 0 Å². The van der Waals surface area contributed by atoms with Gasteiger partial charge in [-0.3, -0.25) is 9.69 Å². The van der Waals surface area contributed by atoms with Crippen molar-refractivity contribution in [3.05, 3.63) is 35.8 Å². The average molecular weight is 298 g/mol. The first kappa shape index (κ1) is 13.8. The molecule has 0 aromatic carbocycles. The highest BCUT2D eigenvalue weighted by Crippen LogP contribution is 2.27. The molecule has 2 aliphatic heterocycles. The fourth-order valence-corrected chi connectivity index (χ4v) is 3.92. The Morgan fingerprint density at radius 3 is 3.05 bits per heavy atom. The number of carbonyl (C=O) groups excluding carboxylic acids is 1. The maximum Gasteiger partial charge on any atom is 0.271 e. The summed E-state index contributed by atoms with van der Waals surface area (Å²) in [6.45, 7) is 4.32. The molecule has 2 atom stereocenters. The first-order valence-corrected chi connectivity index (χ1v) is 8.22. The Balaban J connectivity index is 1.52. The molecule has 2 aromatic rings. The highest BCUT2D eigenvalue weighted by atomic mass is 16.2. The van der Waals surface area contributed by atoms with E-state index in [0.717, 1.165) is 24.3 Å². The van der Waals surface area contributed by atoms with Crippen molar-refractivity contribution in [2.75, 3.05) is 13.1 Å². The van der Waals surface area contributed by atoms with Crippen LogP contribution in [0.3, 0.4) is 0 Å². The monoisotopic (exact) mass is 298 g/mol. The summed E-state index contributed by atoms with van der Waals surface area (Å²) in [6, 6.07) is 6.72. The summed E-state index contributed by atoms with van der Waals surface area (Å²) in [5.41, 5.74) is 2.43. The molecule has 2 saturated heterocycles. The lowest BCUT2D eigenvalue weighted by Gasteiger charge is -2.32. The predicted molar refractivity (Wildman–Crippen MR) is 85.0 cm³/mol. The Hall–Kier alpha value is -1.88. The van der Waals surface area contributed by atoms with Gasteiger partial charge in [0.1, 0.15) is 11.3 Å². The number of amides is 1. The van der Waals surface area contributed by atoms with E-state index in [9.17, 15) is 4.79 Å². The van der Waals surface area contributed by atoms with Crippen molar-refractivity contribution in [2.45, 2.75) is 44.7 Å². The van der Waals surface area contributed by atoms with E-state index in [2.05, 4.69) is 15.2 Å². The molecule has 116 valence electrons. The molecule has 5 nitrogen and oxygen atoms in total. The van der Waals surface area contributed by atoms with Crippen LogP contribution in [-0.2, 0) is 0 Å². The minimum atomic E-state index is -0.0412. The van der Waals surface area contributed by atoms with Crippen LogP contribution in [0.15, 0.2) is 24.4 Å². The Morgan fingerprint density at radius 1 is 1.27 bits per heavy atom. The number of nitrogens with zero attached hydrogens (tertiary/aromatic N) is 3. The molecular formula is C17H22N4O. The van der Waals surface area contributed by atoms with Gasteiger partial charge in [0.15, 0.2) is 0 Å². The van der Waals surface area contributed by atoms with Crippen LogP contribution in [0.1, 0.15) is 41.9 Å². The lowest BCUT2D eigenvalue weighted by atomic mass is 9.99. The molecule has 2 aliphatic rings. The van der Waals surface area contributed by atoms with E-state index in [0.29, 0.717) is 11.7 Å². The highest BCUT2D eigenvalue weighted by Gasteiger charge is 2.36. The van der Waals surface area contributed by atoms with Crippen molar-refractivity contribution in [3.63, 3.8) is 0 Å². The third-order valence-corrected chi connectivity index (χ3v) is 5.10. The Morgan fingerprint density at radius 2 is 2.18 bits per heavy atom. The van der Waals surface area contributed by atoms with Gasteiger partial charge in [0.25, 0.3) is 5.91 Å². The number of imidazole rings is 1. The molecule has 1 N–H and O–H groups in total. The van der Waals surface area contributed by atoms with Gasteiger partial charge in [-0.25, -0.2) is 4.98 Å². The van der Waals surface area contributed by atoms with Crippen LogP contribution in [0.5, 0.6) is 0 Å². The second-order valence-electron chi connectivity index (χ2n) is 6.49. The van der Waals surface area contributed by atoms with Crippen molar-refractivity contribution < 1.29 is 4.79 Å². The molecule has 0 saturated carbocycles. The van der Waals surface area contributed by atoms with Crippen LogP contribution in [0.25, 0.3) is 5.65 Å². The van der Waals surface area contributed by atoms with Gasteiger partial charge in [-0.05, 0) is 44.9 Å². The molecule has 4 heterocycles. The van der Waals surface area contributed by atoms with E-state index < -0.39 is 0 Å². The number of carbonyl (C=O) groups is 1. The van der Waals surface area contributed by atoms with Crippen LogP contribution in [0.4, 0.5) is 0 Å². The number of hydrogen-bond donors (Lipinski definition) is 1. The fourth-order valence-electron chi connectivity index (χ4n) is 3.92. The van der Waals surface area contributed by atoms with Crippen LogP contribution in [-0.4, -0.2) is 45.4 Å². The Bertz CT molecular complexity index is 708. The van der Waals surface area contributed by atoms with E-state index in [1.807, 2.05) is 35.7 Å². The third-order valence-electron chi connectivity index (χ3n) is 5.10. The van der Waals surface area contributed by atoms with Crippen LogP contribution >= 0.6 is 0 Å². The highest BCUT2D eigenvalue weighted by molar-refractivity contribution is 5.93. The van der Waals surface area contributed by atoms with Gasteiger partial charge in [0.05, 0.1) is 0 Å². The summed E-state index contributed by atoms with van der Waals surface area (Å²) < 4.78 is 1.97. The number of aryl methyl sites for hydroxylation is 1. The Kier molecular flexibility index (Phi) is 3.37. The zero-order chi connectivity index (χ0) is 15.1. The number of fused-ring (bicyclic) bond motifs is 2. The summed E-state index contributed by atoms with van der Waals surface area (Å²) in [6.07, 6.45) is 6.68. The lowest BCUT2D eigenvalue weighted by molar-refractivity contribution is 0.0911. The molecule has 2 unspecified atom stereocenters. The summed E-state index contributed by atoms with van der Waals surface area (Å²) in [5, 5.41) is 3.22.